The van der Waals surface area contributed by atoms with Gasteiger partial charge in [-0.2, -0.15) is 0 Å². The molecule has 0 radical (unpaired) electrons. The predicted octanol–water partition coefficient (Wildman–Crippen LogP) is 3.29. The Morgan fingerprint density at radius 3 is 2.93 bits per heavy atom. The lowest BCUT2D eigenvalue weighted by atomic mass is 10.2. The largest absolute Gasteiger partial charge is 0.489 e. The van der Waals surface area contributed by atoms with Gasteiger partial charge in [-0.25, -0.2) is 4.79 Å². The molecule has 7 heteroatoms. The van der Waals surface area contributed by atoms with Gasteiger partial charge in [0.05, 0.1) is 11.8 Å². The van der Waals surface area contributed by atoms with Gasteiger partial charge in [-0.1, -0.05) is 18.2 Å². The van der Waals surface area contributed by atoms with Gasteiger partial charge < -0.3 is 29.6 Å². The summed E-state index contributed by atoms with van der Waals surface area (Å²) in [5, 5.41) is 5.67. The standard InChI is InChI=1S/C20H22N2O5/c23-20(21-11-14-7-8-18-19(10-14)27-13-26-18)22-16-5-1-2-6-17(16)25-12-15-4-3-9-24-15/h1-2,5-8,10,15H,3-4,9,11-13H2,(H2,21,22,23)/t15-/m1/s1. The number of carbonyl (C=O) groups is 1. The van der Waals surface area contributed by atoms with Gasteiger partial charge in [-0.3, -0.25) is 0 Å². The van der Waals surface area contributed by atoms with Crippen molar-refractivity contribution in [2.45, 2.75) is 25.5 Å². The molecule has 7 nitrogen and oxygen atoms in total. The Morgan fingerprint density at radius 2 is 2.04 bits per heavy atom. The van der Waals surface area contributed by atoms with Crippen molar-refractivity contribution in [2.75, 3.05) is 25.3 Å². The molecule has 2 aromatic carbocycles. The maximum Gasteiger partial charge on any atom is 0.319 e. The summed E-state index contributed by atoms with van der Waals surface area (Å²) in [6, 6.07) is 12.7. The molecule has 2 aliphatic rings. The van der Waals surface area contributed by atoms with E-state index in [0.29, 0.717) is 30.3 Å². The van der Waals surface area contributed by atoms with E-state index in [4.69, 9.17) is 18.9 Å². The van der Waals surface area contributed by atoms with Crippen molar-refractivity contribution in [3.8, 4) is 17.2 Å². The summed E-state index contributed by atoms with van der Waals surface area (Å²) < 4.78 is 22.0. The minimum absolute atomic E-state index is 0.123. The molecule has 27 heavy (non-hydrogen) atoms. The zero-order chi connectivity index (χ0) is 18.5. The predicted molar refractivity (Wildman–Crippen MR) is 99.3 cm³/mol. The third kappa shape index (κ3) is 4.43. The Kier molecular flexibility index (Phi) is 5.29. The zero-order valence-corrected chi connectivity index (χ0v) is 14.9. The van der Waals surface area contributed by atoms with Gasteiger partial charge >= 0.3 is 6.03 Å². The molecule has 4 rings (SSSR count). The van der Waals surface area contributed by atoms with Crippen molar-refractivity contribution in [2.24, 2.45) is 0 Å². The molecule has 0 aromatic heterocycles. The van der Waals surface area contributed by atoms with Crippen LogP contribution in [0.5, 0.6) is 17.2 Å². The van der Waals surface area contributed by atoms with E-state index in [2.05, 4.69) is 10.6 Å². The maximum atomic E-state index is 12.3. The number of hydrogen-bond donors (Lipinski definition) is 2. The first-order valence-corrected chi connectivity index (χ1v) is 9.05. The first kappa shape index (κ1) is 17.5. The molecular weight excluding hydrogens is 348 g/mol. The van der Waals surface area contributed by atoms with Crippen LogP contribution in [0.1, 0.15) is 18.4 Å². The zero-order valence-electron chi connectivity index (χ0n) is 14.9. The summed E-state index contributed by atoms with van der Waals surface area (Å²) in [4.78, 5) is 12.3. The third-order valence-electron chi connectivity index (χ3n) is 4.47. The number of nitrogens with one attached hydrogen (secondary N) is 2. The topological polar surface area (TPSA) is 78.1 Å². The van der Waals surface area contributed by atoms with E-state index in [1.165, 1.54) is 0 Å². The van der Waals surface area contributed by atoms with Crippen LogP contribution in [0.4, 0.5) is 10.5 Å². The first-order valence-electron chi connectivity index (χ1n) is 9.05. The van der Waals surface area contributed by atoms with Crippen LogP contribution in [-0.2, 0) is 11.3 Å². The monoisotopic (exact) mass is 370 g/mol. The molecule has 0 unspecified atom stereocenters. The van der Waals surface area contributed by atoms with Gasteiger partial charge in [-0.05, 0) is 42.7 Å². The molecule has 0 aliphatic carbocycles. The Labute approximate surface area is 157 Å². The van der Waals surface area contributed by atoms with E-state index < -0.39 is 0 Å². The Morgan fingerprint density at radius 1 is 1.15 bits per heavy atom. The Bertz CT molecular complexity index is 805. The summed E-state index contributed by atoms with van der Waals surface area (Å²) >= 11 is 0. The summed E-state index contributed by atoms with van der Waals surface area (Å²) in [7, 11) is 0. The molecule has 1 fully saturated rings. The highest BCUT2D eigenvalue weighted by Gasteiger charge is 2.17. The summed E-state index contributed by atoms with van der Waals surface area (Å²) in [5.41, 5.74) is 1.55. The average Bonchev–Trinajstić information content (AvgIpc) is 3.37. The fraction of sp³-hybridized carbons (Fsp3) is 0.350. The highest BCUT2D eigenvalue weighted by atomic mass is 16.7. The number of carbonyl (C=O) groups excluding carboxylic acids is 1. The van der Waals surface area contributed by atoms with E-state index in [0.717, 1.165) is 30.8 Å². The highest BCUT2D eigenvalue weighted by molar-refractivity contribution is 5.90. The normalized spacial score (nSPS) is 17.6. The number of rotatable bonds is 6. The average molecular weight is 370 g/mol. The number of benzene rings is 2. The lowest BCUT2D eigenvalue weighted by Gasteiger charge is -2.15. The number of ether oxygens (including phenoxy) is 4. The minimum atomic E-state index is -0.305. The van der Waals surface area contributed by atoms with Crippen LogP contribution in [0.2, 0.25) is 0 Å². The number of fused-ring (bicyclic) bond motifs is 1. The van der Waals surface area contributed by atoms with Crippen molar-refractivity contribution in [1.29, 1.82) is 0 Å². The van der Waals surface area contributed by atoms with Gasteiger partial charge in [0.2, 0.25) is 6.79 Å². The molecular formula is C20H22N2O5. The second-order valence-corrected chi connectivity index (χ2v) is 6.44. The van der Waals surface area contributed by atoms with E-state index in [1.54, 1.807) is 0 Å². The molecule has 1 saturated heterocycles. The van der Waals surface area contributed by atoms with E-state index in [1.807, 2.05) is 42.5 Å². The highest BCUT2D eigenvalue weighted by Crippen LogP contribution is 2.32. The van der Waals surface area contributed by atoms with Gasteiger partial charge in [0.1, 0.15) is 12.4 Å². The van der Waals surface area contributed by atoms with Gasteiger partial charge in [-0.15, -0.1) is 0 Å². The van der Waals surface area contributed by atoms with Crippen molar-refractivity contribution in [3.63, 3.8) is 0 Å². The molecule has 142 valence electrons. The Balaban J connectivity index is 1.31. The lowest BCUT2D eigenvalue weighted by Crippen LogP contribution is -2.28. The van der Waals surface area contributed by atoms with E-state index in [9.17, 15) is 4.79 Å². The summed E-state index contributed by atoms with van der Waals surface area (Å²) in [6.07, 6.45) is 2.19. The molecule has 2 N–H and O–H groups in total. The first-order chi connectivity index (χ1) is 13.3. The van der Waals surface area contributed by atoms with Crippen LogP contribution in [0.15, 0.2) is 42.5 Å². The van der Waals surface area contributed by atoms with Crippen LogP contribution in [0, 0.1) is 0 Å². The lowest BCUT2D eigenvalue weighted by molar-refractivity contribution is 0.0682. The number of hydrogen-bond acceptors (Lipinski definition) is 5. The fourth-order valence-electron chi connectivity index (χ4n) is 3.05. The van der Waals surface area contributed by atoms with Crippen LogP contribution in [0.25, 0.3) is 0 Å². The van der Waals surface area contributed by atoms with Gasteiger partial charge in [0.25, 0.3) is 0 Å². The van der Waals surface area contributed by atoms with Crippen LogP contribution < -0.4 is 24.8 Å². The third-order valence-corrected chi connectivity index (χ3v) is 4.47. The fourth-order valence-corrected chi connectivity index (χ4v) is 3.05. The summed E-state index contributed by atoms with van der Waals surface area (Å²) in [5.74, 6) is 2.05. The molecule has 2 amide bonds. The number of para-hydroxylation sites is 2. The minimum Gasteiger partial charge on any atom is -0.489 e. The molecule has 2 heterocycles. The van der Waals surface area contributed by atoms with Crippen molar-refractivity contribution < 1.29 is 23.7 Å². The quantitative estimate of drug-likeness (QED) is 0.816. The van der Waals surface area contributed by atoms with Crippen molar-refractivity contribution in [1.82, 2.24) is 5.32 Å². The second-order valence-electron chi connectivity index (χ2n) is 6.44. The number of anilines is 1. The molecule has 2 aliphatic heterocycles. The summed E-state index contributed by atoms with van der Waals surface area (Å²) in [6.45, 7) is 1.88. The van der Waals surface area contributed by atoms with Gasteiger partial charge in [0.15, 0.2) is 11.5 Å². The van der Waals surface area contributed by atoms with E-state index >= 15 is 0 Å². The van der Waals surface area contributed by atoms with E-state index in [-0.39, 0.29) is 18.9 Å². The van der Waals surface area contributed by atoms with Crippen molar-refractivity contribution in [3.05, 3.63) is 48.0 Å². The molecule has 1 atom stereocenters. The second kappa shape index (κ2) is 8.18. The SMILES string of the molecule is O=C(NCc1ccc2c(c1)OCO2)Nc1ccccc1OC[C@H]1CCCO1. The maximum absolute atomic E-state index is 12.3. The van der Waals surface area contributed by atoms with Crippen LogP contribution in [-0.4, -0.2) is 32.1 Å². The molecule has 0 bridgehead atoms. The van der Waals surface area contributed by atoms with Crippen molar-refractivity contribution >= 4 is 11.7 Å². The molecule has 0 saturated carbocycles. The molecule has 0 spiro atoms. The van der Waals surface area contributed by atoms with Gasteiger partial charge in [0, 0.05) is 13.2 Å². The van der Waals surface area contributed by atoms with Crippen LogP contribution >= 0.6 is 0 Å². The molecule has 2 aromatic rings. The smallest absolute Gasteiger partial charge is 0.319 e. The number of amides is 2. The number of urea groups is 1. The van der Waals surface area contributed by atoms with Crippen LogP contribution in [0.3, 0.4) is 0 Å². The Hall–Kier alpha value is -2.93.